The third kappa shape index (κ3) is 12.2. The lowest BCUT2D eigenvalue weighted by Gasteiger charge is -2.39. The van der Waals surface area contributed by atoms with Gasteiger partial charge in [0, 0.05) is 36.7 Å². The molecule has 7 nitrogen and oxygen atoms in total. The number of amides is 1. The Morgan fingerprint density at radius 1 is 0.648 bits per heavy atom. The van der Waals surface area contributed by atoms with E-state index < -0.39 is 5.97 Å². The van der Waals surface area contributed by atoms with Crippen molar-refractivity contribution in [1.29, 1.82) is 0 Å². The second kappa shape index (κ2) is 20.8. The van der Waals surface area contributed by atoms with E-state index in [1.807, 2.05) is 24.3 Å². The van der Waals surface area contributed by atoms with Gasteiger partial charge in [-0.2, -0.15) is 0 Å². The minimum Gasteiger partial charge on any atom is -0.497 e. The average Bonchev–Trinajstić information content (AvgIpc) is 3.94. The lowest BCUT2D eigenvalue weighted by Crippen LogP contribution is -2.42. The van der Waals surface area contributed by atoms with Gasteiger partial charge in [-0.25, -0.2) is 0 Å². The summed E-state index contributed by atoms with van der Waals surface area (Å²) in [5.41, 5.74) is 3.71. The van der Waals surface area contributed by atoms with Crippen molar-refractivity contribution < 1.29 is 19.4 Å². The Morgan fingerprint density at radius 3 is 1.56 bits per heavy atom. The first-order valence-electron chi connectivity index (χ1n) is 21.1. The molecule has 1 amide bonds. The highest BCUT2D eigenvalue weighted by atomic mass is 16.5. The SMILES string of the molecule is COc1cccc(NC(=O)CC2CCC(C(Cc3ccccc3)N3CCCC3)CC2)c1.O=C(O)CC1CCC(C(Cc2ccccc2)N2CCCC2)CC1. The molecule has 4 aliphatic rings. The Kier molecular flexibility index (Phi) is 15.4. The van der Waals surface area contributed by atoms with Crippen molar-refractivity contribution in [2.75, 3.05) is 38.6 Å². The highest BCUT2D eigenvalue weighted by Gasteiger charge is 2.34. The zero-order valence-electron chi connectivity index (χ0n) is 32.8. The van der Waals surface area contributed by atoms with Crippen molar-refractivity contribution in [3.8, 4) is 5.75 Å². The molecule has 2 N–H and O–H groups in total. The van der Waals surface area contributed by atoms with Crippen LogP contribution in [-0.2, 0) is 22.4 Å². The number of nitrogens with zero attached hydrogens (tertiary/aromatic N) is 2. The van der Waals surface area contributed by atoms with Crippen molar-refractivity contribution in [1.82, 2.24) is 9.80 Å². The molecule has 2 atom stereocenters. The lowest BCUT2D eigenvalue weighted by molar-refractivity contribution is -0.138. The van der Waals surface area contributed by atoms with E-state index in [0.717, 1.165) is 61.8 Å². The monoisotopic (exact) mass is 735 g/mol. The molecular weight excluding hydrogens is 671 g/mol. The van der Waals surface area contributed by atoms with E-state index in [9.17, 15) is 9.59 Å². The van der Waals surface area contributed by atoms with Crippen molar-refractivity contribution in [2.45, 2.75) is 115 Å². The number of anilines is 1. The molecule has 0 radical (unpaired) electrons. The summed E-state index contributed by atoms with van der Waals surface area (Å²) in [6, 6.07) is 30.7. The summed E-state index contributed by atoms with van der Waals surface area (Å²) >= 11 is 0. The minimum absolute atomic E-state index is 0.122. The van der Waals surface area contributed by atoms with E-state index in [-0.39, 0.29) is 5.91 Å². The molecule has 4 fully saturated rings. The first-order valence-corrected chi connectivity index (χ1v) is 21.1. The van der Waals surface area contributed by atoms with Gasteiger partial charge in [0.25, 0.3) is 0 Å². The van der Waals surface area contributed by atoms with Crippen LogP contribution in [0.25, 0.3) is 0 Å². The predicted octanol–water partition coefficient (Wildman–Crippen LogP) is 9.51. The van der Waals surface area contributed by atoms with Gasteiger partial charge >= 0.3 is 5.97 Å². The fourth-order valence-corrected chi connectivity index (χ4v) is 10.0. The average molecular weight is 736 g/mol. The molecule has 2 heterocycles. The van der Waals surface area contributed by atoms with Crippen molar-refractivity contribution in [3.05, 3.63) is 96.1 Å². The fourth-order valence-electron chi connectivity index (χ4n) is 10.0. The van der Waals surface area contributed by atoms with Gasteiger partial charge in [-0.15, -0.1) is 0 Å². The number of methoxy groups -OCH3 is 1. The van der Waals surface area contributed by atoms with Crippen LogP contribution in [0.5, 0.6) is 5.75 Å². The van der Waals surface area contributed by atoms with Gasteiger partial charge in [0.2, 0.25) is 5.91 Å². The highest BCUT2D eigenvalue weighted by Crippen LogP contribution is 2.38. The van der Waals surface area contributed by atoms with Gasteiger partial charge in [0.05, 0.1) is 7.11 Å². The second-order valence-electron chi connectivity index (χ2n) is 16.6. The number of hydrogen-bond acceptors (Lipinski definition) is 5. The van der Waals surface area contributed by atoms with Crippen molar-refractivity contribution >= 4 is 17.6 Å². The Balaban J connectivity index is 0.000000193. The third-order valence-electron chi connectivity index (χ3n) is 13.0. The van der Waals surface area contributed by atoms with E-state index in [4.69, 9.17) is 9.84 Å². The first-order chi connectivity index (χ1) is 26.4. The number of carbonyl (C=O) groups excluding carboxylic acids is 1. The Hall–Kier alpha value is -3.68. The van der Waals surface area contributed by atoms with Gasteiger partial charge in [0.1, 0.15) is 5.75 Å². The Labute approximate surface area is 324 Å². The van der Waals surface area contributed by atoms with Crippen LogP contribution in [0.4, 0.5) is 5.69 Å². The quantitative estimate of drug-likeness (QED) is 0.172. The van der Waals surface area contributed by atoms with Crippen LogP contribution in [-0.4, -0.2) is 72.2 Å². The van der Waals surface area contributed by atoms with Gasteiger partial charge in [-0.3, -0.25) is 19.4 Å². The summed E-state index contributed by atoms with van der Waals surface area (Å²) in [7, 11) is 1.65. The maximum absolute atomic E-state index is 12.6. The molecule has 54 heavy (non-hydrogen) atoms. The second-order valence-corrected chi connectivity index (χ2v) is 16.6. The molecule has 3 aromatic rings. The zero-order chi connectivity index (χ0) is 37.5. The Morgan fingerprint density at radius 2 is 1.11 bits per heavy atom. The van der Waals surface area contributed by atoms with Crippen LogP contribution < -0.4 is 10.1 Å². The molecule has 7 rings (SSSR count). The number of carboxylic acid groups (broad SMARTS) is 1. The number of ether oxygens (including phenoxy) is 1. The first kappa shape index (κ1) is 40.0. The van der Waals surface area contributed by atoms with Crippen LogP contribution in [0, 0.1) is 23.7 Å². The molecule has 2 aliphatic carbocycles. The highest BCUT2D eigenvalue weighted by molar-refractivity contribution is 5.91. The molecule has 2 saturated carbocycles. The predicted molar refractivity (Wildman–Crippen MR) is 219 cm³/mol. The molecule has 0 aromatic heterocycles. The van der Waals surface area contributed by atoms with E-state index in [0.29, 0.717) is 36.8 Å². The van der Waals surface area contributed by atoms with Crippen molar-refractivity contribution in [3.63, 3.8) is 0 Å². The molecule has 0 bridgehead atoms. The van der Waals surface area contributed by atoms with Gasteiger partial charge in [-0.1, -0.05) is 66.7 Å². The number of carboxylic acids is 1. The lowest BCUT2D eigenvalue weighted by atomic mass is 9.75. The Bertz CT molecular complexity index is 1540. The molecule has 2 unspecified atom stereocenters. The van der Waals surface area contributed by atoms with Crippen LogP contribution in [0.15, 0.2) is 84.9 Å². The number of hydrogen-bond donors (Lipinski definition) is 2. The molecule has 0 spiro atoms. The minimum atomic E-state index is -0.631. The zero-order valence-corrected chi connectivity index (χ0v) is 32.8. The van der Waals surface area contributed by atoms with Gasteiger partial charge < -0.3 is 15.2 Å². The van der Waals surface area contributed by atoms with E-state index in [1.165, 1.54) is 88.7 Å². The fraction of sp³-hybridized carbons (Fsp3) is 0.574. The summed E-state index contributed by atoms with van der Waals surface area (Å²) in [6.45, 7) is 4.99. The third-order valence-corrected chi connectivity index (χ3v) is 13.0. The van der Waals surface area contributed by atoms with Crippen molar-refractivity contribution in [2.24, 2.45) is 23.7 Å². The summed E-state index contributed by atoms with van der Waals surface area (Å²) in [4.78, 5) is 29.0. The molecule has 292 valence electrons. The topological polar surface area (TPSA) is 82.1 Å². The number of nitrogens with one attached hydrogen (secondary N) is 1. The van der Waals surface area contributed by atoms with Crippen LogP contribution in [0.3, 0.4) is 0 Å². The van der Waals surface area contributed by atoms with Crippen LogP contribution in [0.1, 0.15) is 101 Å². The number of carbonyl (C=O) groups is 2. The molecule has 2 saturated heterocycles. The standard InChI is InChI=1S/C27H36N2O2.C20H29NO2/c1-31-25-11-7-10-24(20-25)28-27(30)19-22-12-14-23(15-13-22)26(29-16-5-6-17-29)18-21-8-3-2-4-9-21;22-20(23)15-17-8-10-18(11-9-17)19(21-12-4-5-13-21)14-16-6-2-1-3-7-16/h2-4,7-11,20,22-23,26H,5-6,12-19H2,1H3,(H,28,30);1-3,6-7,17-19H,4-5,8-15H2,(H,22,23). The van der Waals surface area contributed by atoms with Crippen LogP contribution in [0.2, 0.25) is 0 Å². The largest absolute Gasteiger partial charge is 0.497 e. The number of aliphatic carboxylic acids is 1. The normalized spacial score (nSPS) is 24.5. The van der Waals surface area contributed by atoms with Crippen LogP contribution >= 0.6 is 0 Å². The summed E-state index contributed by atoms with van der Waals surface area (Å²) in [5, 5.41) is 12.0. The maximum atomic E-state index is 12.6. The van der Waals surface area contributed by atoms with Gasteiger partial charge in [0.15, 0.2) is 0 Å². The summed E-state index contributed by atoms with van der Waals surface area (Å²) in [6.07, 6.45) is 18.0. The van der Waals surface area contributed by atoms with Gasteiger partial charge in [-0.05, 0) is 163 Å². The molecule has 3 aromatic carbocycles. The molecule has 2 aliphatic heterocycles. The maximum Gasteiger partial charge on any atom is 0.303 e. The van der Waals surface area contributed by atoms with E-state index in [2.05, 4.69) is 75.8 Å². The molecule has 7 heteroatoms. The number of likely N-dealkylation sites (tertiary alicyclic amines) is 2. The number of rotatable bonds is 14. The summed E-state index contributed by atoms with van der Waals surface area (Å²) < 4.78 is 5.25. The number of benzene rings is 3. The van der Waals surface area contributed by atoms with E-state index in [1.54, 1.807) is 7.11 Å². The smallest absolute Gasteiger partial charge is 0.303 e. The van der Waals surface area contributed by atoms with E-state index >= 15 is 0 Å². The summed E-state index contributed by atoms with van der Waals surface area (Å²) in [5.74, 6) is 2.64. The molecular formula is C47H65N3O4.